The van der Waals surface area contributed by atoms with Crippen molar-refractivity contribution < 1.29 is 0 Å². The summed E-state index contributed by atoms with van der Waals surface area (Å²) in [4.78, 5) is 6.08. The van der Waals surface area contributed by atoms with Gasteiger partial charge in [-0.05, 0) is 50.6 Å². The maximum atomic E-state index is 4.63. The molecule has 0 bridgehead atoms. The first-order chi connectivity index (χ1) is 10.2. The van der Waals surface area contributed by atoms with E-state index >= 15 is 0 Å². The molecule has 0 amide bonds. The molecule has 1 aliphatic rings. The Hall–Kier alpha value is -1.19. The summed E-state index contributed by atoms with van der Waals surface area (Å²) >= 11 is 1.86. The first-order valence-corrected chi connectivity index (χ1v) is 8.74. The molecule has 2 aromatic rings. The minimum absolute atomic E-state index is 0.473. The zero-order valence-corrected chi connectivity index (χ0v) is 13.9. The molecule has 0 aliphatic heterocycles. The fourth-order valence-electron chi connectivity index (χ4n) is 3.24. The van der Waals surface area contributed by atoms with Gasteiger partial charge >= 0.3 is 0 Å². The molecule has 112 valence electrons. The van der Waals surface area contributed by atoms with E-state index in [-0.39, 0.29) is 0 Å². The molecule has 0 radical (unpaired) electrons. The van der Waals surface area contributed by atoms with Gasteiger partial charge in [0.05, 0.1) is 10.7 Å². The van der Waals surface area contributed by atoms with Crippen LogP contribution in [0.1, 0.15) is 52.9 Å². The number of aromatic nitrogens is 1. The van der Waals surface area contributed by atoms with E-state index in [1.807, 2.05) is 11.3 Å². The molecule has 1 N–H and O–H groups in total. The minimum Gasteiger partial charge on any atom is -0.309 e. The maximum Gasteiger partial charge on any atom is 0.0900 e. The van der Waals surface area contributed by atoms with Crippen LogP contribution in [-0.2, 0) is 0 Å². The van der Waals surface area contributed by atoms with Gasteiger partial charge in [0, 0.05) is 10.9 Å². The Balaban J connectivity index is 1.80. The highest BCUT2D eigenvalue weighted by Gasteiger charge is 2.45. The van der Waals surface area contributed by atoms with Crippen molar-refractivity contribution >= 4 is 11.3 Å². The van der Waals surface area contributed by atoms with E-state index in [0.717, 1.165) is 12.5 Å². The molecule has 2 nitrogen and oxygen atoms in total. The second kappa shape index (κ2) is 6.29. The topological polar surface area (TPSA) is 24.9 Å². The minimum atomic E-state index is 0.473. The lowest BCUT2D eigenvalue weighted by molar-refractivity contribution is 0.477. The molecule has 3 atom stereocenters. The Morgan fingerprint density at radius 2 is 2.05 bits per heavy atom. The Kier molecular flexibility index (Phi) is 4.41. The summed E-state index contributed by atoms with van der Waals surface area (Å²) in [6.07, 6.45) is 2.47. The quantitative estimate of drug-likeness (QED) is 0.843. The molecular formula is C18H24N2S. The Bertz CT molecular complexity index is 591. The van der Waals surface area contributed by atoms with Crippen LogP contribution in [0.15, 0.2) is 30.3 Å². The van der Waals surface area contributed by atoms with E-state index in [2.05, 4.69) is 61.4 Å². The van der Waals surface area contributed by atoms with Gasteiger partial charge in [-0.25, -0.2) is 4.98 Å². The molecule has 1 saturated carbocycles. The second-order valence-electron chi connectivity index (χ2n) is 6.03. The van der Waals surface area contributed by atoms with E-state index in [4.69, 9.17) is 0 Å². The first kappa shape index (κ1) is 14.7. The highest BCUT2D eigenvalue weighted by atomic mass is 32.1. The summed E-state index contributed by atoms with van der Waals surface area (Å²) in [5.41, 5.74) is 2.70. The number of hydrogen-bond donors (Lipinski definition) is 1. The summed E-state index contributed by atoms with van der Waals surface area (Å²) in [5, 5.41) is 4.96. The molecule has 1 aliphatic carbocycles. The van der Waals surface area contributed by atoms with Crippen molar-refractivity contribution in [3.8, 4) is 0 Å². The van der Waals surface area contributed by atoms with Crippen molar-refractivity contribution in [2.75, 3.05) is 6.54 Å². The molecule has 3 rings (SSSR count). The monoisotopic (exact) mass is 300 g/mol. The molecule has 1 aromatic heterocycles. The van der Waals surface area contributed by atoms with Gasteiger partial charge in [-0.3, -0.25) is 0 Å². The van der Waals surface area contributed by atoms with Crippen molar-refractivity contribution in [2.45, 2.75) is 45.6 Å². The Morgan fingerprint density at radius 1 is 1.29 bits per heavy atom. The standard InChI is InChI=1S/C18H24N2S/c1-4-10-19-17(18-12(2)20-13(3)21-18)16-11-15(16)14-8-6-5-7-9-14/h5-9,15-17,19H,4,10-11H2,1-3H3. The van der Waals surface area contributed by atoms with Crippen LogP contribution >= 0.6 is 11.3 Å². The zero-order chi connectivity index (χ0) is 14.8. The maximum absolute atomic E-state index is 4.63. The summed E-state index contributed by atoms with van der Waals surface area (Å²) in [5.74, 6) is 1.43. The van der Waals surface area contributed by atoms with Gasteiger partial charge in [0.25, 0.3) is 0 Å². The second-order valence-corrected chi connectivity index (χ2v) is 7.27. The fourth-order valence-corrected chi connectivity index (χ4v) is 4.32. The van der Waals surface area contributed by atoms with E-state index in [0.29, 0.717) is 12.0 Å². The average Bonchev–Trinajstić information content (AvgIpc) is 3.20. The van der Waals surface area contributed by atoms with Gasteiger partial charge in [0.15, 0.2) is 0 Å². The lowest BCUT2D eigenvalue weighted by Crippen LogP contribution is -2.24. The van der Waals surface area contributed by atoms with Crippen LogP contribution in [0.25, 0.3) is 0 Å². The number of nitrogens with one attached hydrogen (secondary N) is 1. The van der Waals surface area contributed by atoms with Gasteiger partial charge in [-0.2, -0.15) is 0 Å². The van der Waals surface area contributed by atoms with Crippen LogP contribution < -0.4 is 5.32 Å². The summed E-state index contributed by atoms with van der Waals surface area (Å²) in [6, 6.07) is 11.4. The number of benzene rings is 1. The number of rotatable bonds is 6. The fraction of sp³-hybridized carbons (Fsp3) is 0.500. The highest BCUT2D eigenvalue weighted by Crippen LogP contribution is 2.55. The third-order valence-corrected chi connectivity index (χ3v) is 5.49. The average molecular weight is 300 g/mol. The predicted molar refractivity (Wildman–Crippen MR) is 89.9 cm³/mol. The molecule has 21 heavy (non-hydrogen) atoms. The summed E-state index contributed by atoms with van der Waals surface area (Å²) in [7, 11) is 0. The van der Waals surface area contributed by atoms with E-state index in [9.17, 15) is 0 Å². The largest absolute Gasteiger partial charge is 0.309 e. The van der Waals surface area contributed by atoms with Crippen LogP contribution in [0, 0.1) is 19.8 Å². The van der Waals surface area contributed by atoms with Crippen molar-refractivity contribution in [3.05, 3.63) is 51.5 Å². The van der Waals surface area contributed by atoms with Crippen LogP contribution in [-0.4, -0.2) is 11.5 Å². The van der Waals surface area contributed by atoms with Crippen LogP contribution in [0.3, 0.4) is 0 Å². The Morgan fingerprint density at radius 3 is 2.67 bits per heavy atom. The van der Waals surface area contributed by atoms with Crippen LogP contribution in [0.5, 0.6) is 0 Å². The molecule has 0 spiro atoms. The van der Waals surface area contributed by atoms with Crippen molar-refractivity contribution in [1.82, 2.24) is 10.3 Å². The summed E-state index contributed by atoms with van der Waals surface area (Å²) in [6.45, 7) is 7.58. The van der Waals surface area contributed by atoms with Crippen LogP contribution in [0.2, 0.25) is 0 Å². The molecule has 1 aromatic carbocycles. The normalized spacial score (nSPS) is 22.2. The molecule has 3 unspecified atom stereocenters. The lowest BCUT2D eigenvalue weighted by atomic mass is 10.0. The SMILES string of the molecule is CCCNC(c1sc(C)nc1C)C1CC1c1ccccc1. The van der Waals surface area contributed by atoms with Crippen molar-refractivity contribution in [3.63, 3.8) is 0 Å². The van der Waals surface area contributed by atoms with Crippen molar-refractivity contribution in [2.24, 2.45) is 5.92 Å². The molecule has 0 saturated heterocycles. The van der Waals surface area contributed by atoms with E-state index < -0.39 is 0 Å². The zero-order valence-electron chi connectivity index (χ0n) is 13.1. The number of thiazole rings is 1. The molecule has 1 fully saturated rings. The van der Waals surface area contributed by atoms with E-state index in [1.54, 1.807) is 0 Å². The van der Waals surface area contributed by atoms with Crippen LogP contribution in [0.4, 0.5) is 0 Å². The molecule has 1 heterocycles. The van der Waals surface area contributed by atoms with Gasteiger partial charge < -0.3 is 5.32 Å². The highest BCUT2D eigenvalue weighted by molar-refractivity contribution is 7.11. The predicted octanol–water partition coefficient (Wildman–Crippen LogP) is 4.60. The number of aryl methyl sites for hydroxylation is 2. The Labute approximate surface area is 131 Å². The lowest BCUT2D eigenvalue weighted by Gasteiger charge is -2.18. The molecule has 3 heteroatoms. The number of hydrogen-bond acceptors (Lipinski definition) is 3. The van der Waals surface area contributed by atoms with E-state index in [1.165, 1.54) is 34.0 Å². The molecular weight excluding hydrogens is 276 g/mol. The van der Waals surface area contributed by atoms with Gasteiger partial charge in [0.1, 0.15) is 0 Å². The van der Waals surface area contributed by atoms with Crippen molar-refractivity contribution in [1.29, 1.82) is 0 Å². The number of nitrogens with zero attached hydrogens (tertiary/aromatic N) is 1. The third-order valence-electron chi connectivity index (χ3n) is 4.33. The van der Waals surface area contributed by atoms with Gasteiger partial charge in [-0.15, -0.1) is 11.3 Å². The third kappa shape index (κ3) is 3.19. The smallest absolute Gasteiger partial charge is 0.0900 e. The van der Waals surface area contributed by atoms with Gasteiger partial charge in [0.2, 0.25) is 0 Å². The van der Waals surface area contributed by atoms with Gasteiger partial charge in [-0.1, -0.05) is 37.3 Å². The summed E-state index contributed by atoms with van der Waals surface area (Å²) < 4.78 is 0. The first-order valence-electron chi connectivity index (χ1n) is 7.93.